The second kappa shape index (κ2) is 6.37. The lowest BCUT2D eigenvalue weighted by molar-refractivity contribution is 0.187. The molecule has 5 heteroatoms. The maximum atomic E-state index is 13.3. The number of nitrogens with one attached hydrogen (secondary N) is 1. The summed E-state index contributed by atoms with van der Waals surface area (Å²) in [6.45, 7) is 1.90. The van der Waals surface area contributed by atoms with Gasteiger partial charge in [-0.25, -0.2) is 9.18 Å². The molecule has 0 bridgehead atoms. The normalized spacial score (nSPS) is 11.8. The van der Waals surface area contributed by atoms with Gasteiger partial charge in [0.2, 0.25) is 0 Å². The molecule has 1 atom stereocenters. The molecule has 1 amide bonds. The van der Waals surface area contributed by atoms with E-state index in [0.29, 0.717) is 16.8 Å². The van der Waals surface area contributed by atoms with Crippen LogP contribution in [0.4, 0.5) is 14.9 Å². The zero-order valence-corrected chi connectivity index (χ0v) is 11.9. The molecule has 0 fully saturated rings. The lowest BCUT2D eigenvalue weighted by Gasteiger charge is -2.18. The summed E-state index contributed by atoms with van der Waals surface area (Å²) in [4.78, 5) is 11.4. The number of rotatable bonds is 3. The van der Waals surface area contributed by atoms with Gasteiger partial charge in [-0.15, -0.1) is 0 Å². The van der Waals surface area contributed by atoms with Gasteiger partial charge < -0.3 is 10.5 Å². The van der Waals surface area contributed by atoms with Crippen LogP contribution in [-0.4, -0.2) is 13.2 Å². The van der Waals surface area contributed by atoms with E-state index in [-0.39, 0.29) is 5.82 Å². The first kappa shape index (κ1) is 15.0. The number of methoxy groups -OCH3 is 1. The number of anilines is 1. The predicted molar refractivity (Wildman–Crippen MR) is 79.6 cm³/mol. The molecule has 1 unspecified atom stereocenters. The van der Waals surface area contributed by atoms with E-state index in [2.05, 4.69) is 10.1 Å². The fourth-order valence-corrected chi connectivity index (χ4v) is 2.09. The first-order chi connectivity index (χ1) is 10.0. The number of benzene rings is 2. The summed E-state index contributed by atoms with van der Waals surface area (Å²) in [5.74, 6) is -0.350. The molecule has 2 aromatic rings. The molecule has 0 aromatic heterocycles. The molecule has 0 spiro atoms. The largest absolute Gasteiger partial charge is 0.453 e. The van der Waals surface area contributed by atoms with Gasteiger partial charge in [0.15, 0.2) is 0 Å². The highest BCUT2D eigenvalue weighted by molar-refractivity contribution is 5.86. The molecule has 2 aromatic carbocycles. The number of hydrogen-bond acceptors (Lipinski definition) is 3. The van der Waals surface area contributed by atoms with Crippen LogP contribution in [0.3, 0.4) is 0 Å². The van der Waals surface area contributed by atoms with Gasteiger partial charge in [-0.1, -0.05) is 24.3 Å². The first-order valence-electron chi connectivity index (χ1n) is 6.48. The summed E-state index contributed by atoms with van der Waals surface area (Å²) >= 11 is 0. The maximum absolute atomic E-state index is 13.3. The topological polar surface area (TPSA) is 64.3 Å². The second-order valence-electron chi connectivity index (χ2n) is 4.74. The molecule has 0 saturated carbocycles. The highest BCUT2D eigenvalue weighted by atomic mass is 19.1. The van der Waals surface area contributed by atoms with E-state index in [4.69, 9.17) is 5.73 Å². The maximum Gasteiger partial charge on any atom is 0.411 e. The van der Waals surface area contributed by atoms with Crippen LogP contribution in [-0.2, 0) is 4.74 Å². The van der Waals surface area contributed by atoms with E-state index in [1.54, 1.807) is 18.2 Å². The Bertz CT molecular complexity index is 658. The quantitative estimate of drug-likeness (QED) is 0.910. The Morgan fingerprint density at radius 1 is 1.29 bits per heavy atom. The van der Waals surface area contributed by atoms with E-state index in [9.17, 15) is 9.18 Å². The van der Waals surface area contributed by atoms with Crippen molar-refractivity contribution in [3.05, 3.63) is 65.0 Å². The Hall–Kier alpha value is -2.40. The average Bonchev–Trinajstić information content (AvgIpc) is 2.46. The molecule has 0 saturated heterocycles. The summed E-state index contributed by atoms with van der Waals surface area (Å²) in [6, 6.07) is 11.0. The molecule has 21 heavy (non-hydrogen) atoms. The molecular formula is C16H17FN2O2. The fourth-order valence-electron chi connectivity index (χ4n) is 2.09. The number of aryl methyl sites for hydroxylation is 1. The predicted octanol–water partition coefficient (Wildman–Crippen LogP) is 3.36. The van der Waals surface area contributed by atoms with Crippen LogP contribution in [0.5, 0.6) is 0 Å². The van der Waals surface area contributed by atoms with Gasteiger partial charge in [0.1, 0.15) is 5.82 Å². The number of carbonyl (C=O) groups is 1. The molecule has 0 aliphatic rings. The highest BCUT2D eigenvalue weighted by Crippen LogP contribution is 2.28. The van der Waals surface area contributed by atoms with Crippen molar-refractivity contribution in [2.45, 2.75) is 13.0 Å². The molecule has 4 nitrogen and oxygen atoms in total. The van der Waals surface area contributed by atoms with Gasteiger partial charge in [-0.3, -0.25) is 5.32 Å². The van der Waals surface area contributed by atoms with Crippen LogP contribution in [0.15, 0.2) is 42.5 Å². The Morgan fingerprint density at radius 2 is 2.05 bits per heavy atom. The monoisotopic (exact) mass is 288 g/mol. The first-order valence-corrected chi connectivity index (χ1v) is 6.48. The number of halogens is 1. The molecule has 110 valence electrons. The molecule has 0 radical (unpaired) electrons. The minimum absolute atomic E-state index is 0.350. The number of ether oxygens (including phenoxy) is 1. The number of carbonyl (C=O) groups excluding carboxylic acids is 1. The van der Waals surface area contributed by atoms with Gasteiger partial charge >= 0.3 is 6.09 Å². The summed E-state index contributed by atoms with van der Waals surface area (Å²) in [6.07, 6.45) is -0.576. The molecule has 0 aliphatic carbocycles. The Kier molecular flexibility index (Phi) is 4.55. The zero-order valence-electron chi connectivity index (χ0n) is 11.9. The number of hydrogen-bond donors (Lipinski definition) is 2. The smallest absolute Gasteiger partial charge is 0.411 e. The minimum Gasteiger partial charge on any atom is -0.453 e. The van der Waals surface area contributed by atoms with Crippen molar-refractivity contribution in [1.29, 1.82) is 0 Å². The van der Waals surface area contributed by atoms with Crippen LogP contribution in [0.25, 0.3) is 0 Å². The van der Waals surface area contributed by atoms with Crippen molar-refractivity contribution in [2.24, 2.45) is 5.73 Å². The SMILES string of the molecule is COC(=O)Nc1cc(C)ccc1C(N)c1cccc(F)c1. The fraction of sp³-hybridized carbons (Fsp3) is 0.188. The van der Waals surface area contributed by atoms with Crippen molar-refractivity contribution >= 4 is 11.8 Å². The van der Waals surface area contributed by atoms with E-state index in [0.717, 1.165) is 5.56 Å². The van der Waals surface area contributed by atoms with Crippen LogP contribution in [0, 0.1) is 12.7 Å². The van der Waals surface area contributed by atoms with Gasteiger partial charge in [0, 0.05) is 5.69 Å². The summed E-state index contributed by atoms with van der Waals surface area (Å²) < 4.78 is 17.9. The Balaban J connectivity index is 2.40. The standard InChI is InChI=1S/C16H17FN2O2/c1-10-6-7-13(14(8-10)19-16(20)21-2)15(18)11-4-3-5-12(17)9-11/h3-9,15H,18H2,1-2H3,(H,19,20). The lowest BCUT2D eigenvalue weighted by Crippen LogP contribution is -2.18. The number of nitrogens with two attached hydrogens (primary N) is 1. The van der Waals surface area contributed by atoms with Crippen molar-refractivity contribution < 1.29 is 13.9 Å². The van der Waals surface area contributed by atoms with E-state index in [1.165, 1.54) is 19.2 Å². The zero-order chi connectivity index (χ0) is 15.4. The van der Waals surface area contributed by atoms with Crippen molar-refractivity contribution in [1.82, 2.24) is 0 Å². The van der Waals surface area contributed by atoms with E-state index >= 15 is 0 Å². The van der Waals surface area contributed by atoms with Crippen LogP contribution in [0.1, 0.15) is 22.7 Å². The van der Waals surface area contributed by atoms with Gasteiger partial charge in [0.05, 0.1) is 13.2 Å². The van der Waals surface area contributed by atoms with Gasteiger partial charge in [-0.2, -0.15) is 0 Å². The van der Waals surface area contributed by atoms with Gasteiger partial charge in [0.25, 0.3) is 0 Å². The van der Waals surface area contributed by atoms with Crippen LogP contribution >= 0.6 is 0 Å². The summed E-state index contributed by atoms with van der Waals surface area (Å²) in [7, 11) is 1.29. The summed E-state index contributed by atoms with van der Waals surface area (Å²) in [5, 5.41) is 2.63. The minimum atomic E-state index is -0.576. The Morgan fingerprint density at radius 3 is 2.71 bits per heavy atom. The molecule has 2 rings (SSSR count). The average molecular weight is 288 g/mol. The third-order valence-electron chi connectivity index (χ3n) is 3.17. The lowest BCUT2D eigenvalue weighted by atomic mass is 9.97. The van der Waals surface area contributed by atoms with Gasteiger partial charge in [-0.05, 0) is 41.8 Å². The van der Waals surface area contributed by atoms with E-state index in [1.807, 2.05) is 19.1 Å². The van der Waals surface area contributed by atoms with Crippen molar-refractivity contribution in [2.75, 3.05) is 12.4 Å². The van der Waals surface area contributed by atoms with Crippen molar-refractivity contribution in [3.63, 3.8) is 0 Å². The molecule has 0 heterocycles. The Labute approximate surface area is 122 Å². The van der Waals surface area contributed by atoms with Crippen molar-refractivity contribution in [3.8, 4) is 0 Å². The van der Waals surface area contributed by atoms with E-state index < -0.39 is 12.1 Å². The van der Waals surface area contributed by atoms with Crippen LogP contribution < -0.4 is 11.1 Å². The third kappa shape index (κ3) is 3.58. The second-order valence-corrected chi connectivity index (χ2v) is 4.74. The molecule has 3 N–H and O–H groups in total. The number of amides is 1. The van der Waals surface area contributed by atoms with Crippen LogP contribution in [0.2, 0.25) is 0 Å². The summed E-state index contributed by atoms with van der Waals surface area (Å²) in [5.41, 5.74) is 9.04. The molecular weight excluding hydrogens is 271 g/mol. The molecule has 0 aliphatic heterocycles. The highest BCUT2D eigenvalue weighted by Gasteiger charge is 2.15. The third-order valence-corrected chi connectivity index (χ3v) is 3.17.